The summed E-state index contributed by atoms with van der Waals surface area (Å²) in [7, 11) is -2.14. The Hall–Kier alpha value is -2.52. The molecule has 0 aromatic heterocycles. The number of allylic oxidation sites excluding steroid dienone is 2. The van der Waals surface area contributed by atoms with Gasteiger partial charge in [-0.3, -0.25) is 4.79 Å². The van der Waals surface area contributed by atoms with Crippen LogP contribution in [0, 0.1) is 10.8 Å². The van der Waals surface area contributed by atoms with Gasteiger partial charge in [-0.25, -0.2) is 8.42 Å². The molecule has 1 spiro atoms. The molecule has 1 aromatic rings. The number of azo groups is 1. The maximum absolute atomic E-state index is 13.3. The van der Waals surface area contributed by atoms with E-state index in [1.54, 1.807) is 24.3 Å². The molecule has 0 saturated carbocycles. The van der Waals surface area contributed by atoms with Crippen LogP contribution in [-0.2, 0) is 14.8 Å². The molecule has 8 nitrogen and oxygen atoms in total. The number of piperidine rings is 1. The van der Waals surface area contributed by atoms with Gasteiger partial charge in [-0.2, -0.15) is 9.42 Å². The summed E-state index contributed by atoms with van der Waals surface area (Å²) in [6.07, 6.45) is 2.37. The first-order chi connectivity index (χ1) is 15.2. The van der Waals surface area contributed by atoms with Gasteiger partial charge in [-0.05, 0) is 36.8 Å². The molecule has 5 rings (SSSR count). The fourth-order valence-corrected chi connectivity index (χ4v) is 7.12. The van der Waals surface area contributed by atoms with Gasteiger partial charge < -0.3 is 10.1 Å². The van der Waals surface area contributed by atoms with E-state index in [1.165, 1.54) is 11.4 Å². The molecular weight excluding hydrogens is 428 g/mol. The number of fused-ring (bicyclic) bond motifs is 2. The minimum absolute atomic E-state index is 0.117. The van der Waals surface area contributed by atoms with E-state index >= 15 is 0 Å². The summed E-state index contributed by atoms with van der Waals surface area (Å²) >= 11 is 0. The Morgan fingerprint density at radius 2 is 1.91 bits per heavy atom. The Balaban J connectivity index is 1.48. The van der Waals surface area contributed by atoms with Crippen molar-refractivity contribution in [2.45, 2.75) is 44.4 Å². The summed E-state index contributed by atoms with van der Waals surface area (Å²) < 4.78 is 33.4. The number of dihydropyridines is 1. The number of Topliss-reactive ketones (excluding diaryl/α,β-unsaturated/α-hetero) is 1. The first kappa shape index (κ1) is 21.3. The van der Waals surface area contributed by atoms with Crippen LogP contribution in [0.15, 0.2) is 62.1 Å². The smallest absolute Gasteiger partial charge is 0.243 e. The largest absolute Gasteiger partial charge is 0.497 e. The van der Waals surface area contributed by atoms with E-state index in [1.807, 2.05) is 0 Å². The predicted octanol–water partition coefficient (Wildman–Crippen LogP) is 3.39. The monoisotopic (exact) mass is 456 g/mol. The van der Waals surface area contributed by atoms with Crippen molar-refractivity contribution >= 4 is 15.8 Å². The first-order valence-corrected chi connectivity index (χ1v) is 12.4. The molecular formula is C23H28N4O4S. The van der Waals surface area contributed by atoms with E-state index in [4.69, 9.17) is 4.74 Å². The molecule has 1 fully saturated rings. The van der Waals surface area contributed by atoms with Crippen LogP contribution < -0.4 is 10.1 Å². The van der Waals surface area contributed by atoms with Gasteiger partial charge in [0, 0.05) is 47.8 Å². The quantitative estimate of drug-likeness (QED) is 0.751. The molecule has 3 aliphatic heterocycles. The highest BCUT2D eigenvalue weighted by molar-refractivity contribution is 7.89. The Morgan fingerprint density at radius 1 is 1.16 bits per heavy atom. The van der Waals surface area contributed by atoms with Gasteiger partial charge in [-0.15, -0.1) is 5.11 Å². The average Bonchev–Trinajstić information content (AvgIpc) is 3.22. The molecule has 1 saturated heterocycles. The molecule has 9 heteroatoms. The summed E-state index contributed by atoms with van der Waals surface area (Å²) in [5, 5.41) is 11.9. The summed E-state index contributed by atoms with van der Waals surface area (Å²) in [5.74, 6) is 1.41. The predicted molar refractivity (Wildman–Crippen MR) is 118 cm³/mol. The van der Waals surface area contributed by atoms with Crippen molar-refractivity contribution in [1.29, 1.82) is 0 Å². The Kier molecular flexibility index (Phi) is 4.83. The molecule has 0 unspecified atom stereocenters. The third kappa shape index (κ3) is 3.21. The number of ether oxygens (including phenoxy) is 1. The lowest BCUT2D eigenvalue weighted by Gasteiger charge is -2.48. The molecule has 1 aromatic carbocycles. The van der Waals surface area contributed by atoms with Crippen LogP contribution in [0.3, 0.4) is 0 Å². The molecule has 0 amide bonds. The topological polar surface area (TPSA) is 100 Å². The van der Waals surface area contributed by atoms with Crippen LogP contribution in [0.5, 0.6) is 5.75 Å². The molecule has 3 heterocycles. The number of methoxy groups -OCH3 is 1. The highest BCUT2D eigenvalue weighted by atomic mass is 32.2. The number of hydrogen-bond acceptors (Lipinski definition) is 7. The number of nitrogens with one attached hydrogen (secondary N) is 1. The van der Waals surface area contributed by atoms with Gasteiger partial charge in [-0.1, -0.05) is 19.9 Å². The molecule has 0 radical (unpaired) electrons. The van der Waals surface area contributed by atoms with Crippen molar-refractivity contribution in [1.82, 2.24) is 9.62 Å². The van der Waals surface area contributed by atoms with Crippen molar-refractivity contribution < 1.29 is 17.9 Å². The second kappa shape index (κ2) is 7.25. The van der Waals surface area contributed by atoms with Crippen LogP contribution in [0.2, 0.25) is 0 Å². The SMILES string of the molecule is COc1cccc(S(=O)(=O)N2CCC3(CC2)C2=C(N=NC2)NC2=C3C(=O)CC(C)(C)C2)c1. The molecule has 0 atom stereocenters. The maximum atomic E-state index is 13.3. The molecule has 1 aliphatic carbocycles. The Bertz CT molecular complexity index is 1190. The van der Waals surface area contributed by atoms with E-state index in [0.29, 0.717) is 44.6 Å². The minimum atomic E-state index is -3.66. The molecule has 1 N–H and O–H groups in total. The Labute approximate surface area is 188 Å². The number of nitrogens with zero attached hydrogens (tertiary/aromatic N) is 3. The lowest BCUT2D eigenvalue weighted by atomic mass is 9.60. The van der Waals surface area contributed by atoms with Crippen LogP contribution in [0.1, 0.15) is 39.5 Å². The minimum Gasteiger partial charge on any atom is -0.497 e. The number of carbonyl (C=O) groups is 1. The van der Waals surface area contributed by atoms with E-state index in [2.05, 4.69) is 29.4 Å². The average molecular weight is 457 g/mol. The van der Waals surface area contributed by atoms with Gasteiger partial charge in [0.25, 0.3) is 0 Å². The fourth-order valence-electron chi connectivity index (χ4n) is 5.64. The molecule has 32 heavy (non-hydrogen) atoms. The lowest BCUT2D eigenvalue weighted by molar-refractivity contribution is -0.119. The molecule has 4 aliphatic rings. The van der Waals surface area contributed by atoms with E-state index < -0.39 is 15.4 Å². The first-order valence-electron chi connectivity index (χ1n) is 11.0. The highest BCUT2D eigenvalue weighted by Crippen LogP contribution is 2.55. The van der Waals surface area contributed by atoms with E-state index in [0.717, 1.165) is 29.1 Å². The van der Waals surface area contributed by atoms with Crippen LogP contribution in [0.4, 0.5) is 0 Å². The number of carbonyl (C=O) groups excluding carboxylic acids is 1. The molecule has 0 bridgehead atoms. The lowest BCUT2D eigenvalue weighted by Crippen LogP contribution is -2.50. The summed E-state index contributed by atoms with van der Waals surface area (Å²) in [4.78, 5) is 13.6. The second-order valence-corrected chi connectivity index (χ2v) is 11.7. The zero-order valence-corrected chi connectivity index (χ0v) is 19.5. The van der Waals surface area contributed by atoms with Crippen LogP contribution in [-0.4, -0.2) is 45.3 Å². The van der Waals surface area contributed by atoms with Gasteiger partial charge in [0.05, 0.1) is 18.6 Å². The third-order valence-corrected chi connectivity index (χ3v) is 9.04. The Morgan fingerprint density at radius 3 is 2.62 bits per heavy atom. The number of hydrogen-bond donors (Lipinski definition) is 1. The highest BCUT2D eigenvalue weighted by Gasteiger charge is 2.53. The number of sulfonamides is 1. The summed E-state index contributed by atoms with van der Waals surface area (Å²) in [5.41, 5.74) is 2.20. The van der Waals surface area contributed by atoms with E-state index in [9.17, 15) is 13.2 Å². The van der Waals surface area contributed by atoms with Crippen LogP contribution in [0.25, 0.3) is 0 Å². The third-order valence-electron chi connectivity index (χ3n) is 7.14. The van der Waals surface area contributed by atoms with Crippen molar-refractivity contribution in [3.05, 3.63) is 46.9 Å². The maximum Gasteiger partial charge on any atom is 0.243 e. The standard InChI is InChI=1S/C23H28N4O4S/c1-22(2)12-18-20(19(28)13-22)23(17-14-24-26-21(17)25-18)7-9-27(10-8-23)32(29,30)16-6-4-5-15(11-16)31-3/h4-6,11,25H,7-10,12-14H2,1-3H3. The second-order valence-electron chi connectivity index (χ2n) is 9.81. The van der Waals surface area contributed by atoms with Crippen molar-refractivity contribution in [2.24, 2.45) is 21.1 Å². The van der Waals surface area contributed by atoms with Crippen LogP contribution >= 0.6 is 0 Å². The van der Waals surface area contributed by atoms with Gasteiger partial charge >= 0.3 is 0 Å². The number of benzene rings is 1. The van der Waals surface area contributed by atoms with Crippen molar-refractivity contribution in [2.75, 3.05) is 26.7 Å². The summed E-state index contributed by atoms with van der Waals surface area (Å²) in [6, 6.07) is 6.55. The van der Waals surface area contributed by atoms with Gasteiger partial charge in [0.15, 0.2) is 11.6 Å². The molecule has 170 valence electrons. The zero-order chi connectivity index (χ0) is 22.7. The van der Waals surface area contributed by atoms with Crippen molar-refractivity contribution in [3.63, 3.8) is 0 Å². The normalized spacial score (nSPS) is 24.4. The number of rotatable bonds is 3. The van der Waals surface area contributed by atoms with Crippen molar-refractivity contribution in [3.8, 4) is 5.75 Å². The zero-order valence-electron chi connectivity index (χ0n) is 18.6. The number of ketones is 1. The van der Waals surface area contributed by atoms with Gasteiger partial charge in [0.2, 0.25) is 10.0 Å². The van der Waals surface area contributed by atoms with Gasteiger partial charge in [0.1, 0.15) is 5.75 Å². The fraction of sp³-hybridized carbons (Fsp3) is 0.522. The summed E-state index contributed by atoms with van der Waals surface area (Å²) in [6.45, 7) is 5.34. The van der Waals surface area contributed by atoms with E-state index in [-0.39, 0.29) is 16.1 Å².